The molecule has 1 aromatic carbocycles. The van der Waals surface area contributed by atoms with Crippen LogP contribution in [0.25, 0.3) is 0 Å². The smallest absolute Gasteiger partial charge is 0.338 e. The largest absolute Gasteiger partial charge is 0.496 e. The van der Waals surface area contributed by atoms with Crippen molar-refractivity contribution in [3.8, 4) is 5.75 Å². The third-order valence-corrected chi connectivity index (χ3v) is 2.94. The van der Waals surface area contributed by atoms with E-state index in [0.717, 1.165) is 10.9 Å². The maximum Gasteiger partial charge on any atom is 0.338 e. The zero-order valence-corrected chi connectivity index (χ0v) is 11.9. The van der Waals surface area contributed by atoms with Crippen molar-refractivity contribution in [3.05, 3.63) is 28.2 Å². The summed E-state index contributed by atoms with van der Waals surface area (Å²) in [6, 6.07) is 5.14. The summed E-state index contributed by atoms with van der Waals surface area (Å²) in [5.74, 6) is 0.933. The average molecular weight is 301 g/mol. The molecule has 0 heterocycles. The van der Waals surface area contributed by atoms with E-state index < -0.39 is 0 Å². The summed E-state index contributed by atoms with van der Waals surface area (Å²) in [7, 11) is 1.58. The summed E-state index contributed by atoms with van der Waals surface area (Å²) in [6.07, 6.45) is 0.878. The number of hydrogen-bond donors (Lipinski definition) is 0. The van der Waals surface area contributed by atoms with Crippen molar-refractivity contribution in [2.45, 2.75) is 20.3 Å². The molecule has 0 aromatic heterocycles. The van der Waals surface area contributed by atoms with Crippen LogP contribution >= 0.6 is 15.9 Å². The molecular weight excluding hydrogens is 284 g/mol. The Bertz CT molecular complexity index is 388. The lowest BCUT2D eigenvalue weighted by Crippen LogP contribution is -2.08. The number of rotatable bonds is 5. The Hall–Kier alpha value is -1.03. The normalized spacial score (nSPS) is 10.4. The molecule has 1 aromatic rings. The molecule has 94 valence electrons. The second-order valence-electron chi connectivity index (χ2n) is 4.17. The van der Waals surface area contributed by atoms with Crippen molar-refractivity contribution in [1.29, 1.82) is 0 Å². The summed E-state index contributed by atoms with van der Waals surface area (Å²) in [5, 5.41) is 0. The molecule has 0 atom stereocenters. The van der Waals surface area contributed by atoms with Gasteiger partial charge < -0.3 is 9.47 Å². The fraction of sp³-hybridized carbons (Fsp3) is 0.462. The van der Waals surface area contributed by atoms with Gasteiger partial charge in [-0.2, -0.15) is 0 Å². The predicted molar refractivity (Wildman–Crippen MR) is 70.4 cm³/mol. The van der Waals surface area contributed by atoms with Crippen LogP contribution < -0.4 is 4.74 Å². The molecule has 1 rings (SSSR count). The van der Waals surface area contributed by atoms with Crippen molar-refractivity contribution in [2.24, 2.45) is 5.92 Å². The van der Waals surface area contributed by atoms with Crippen LogP contribution in [0.2, 0.25) is 0 Å². The highest BCUT2D eigenvalue weighted by atomic mass is 79.9. The van der Waals surface area contributed by atoms with Crippen LogP contribution in [0.3, 0.4) is 0 Å². The Balaban J connectivity index is 2.60. The molecule has 0 bridgehead atoms. The Labute approximate surface area is 110 Å². The second kappa shape index (κ2) is 6.64. The van der Waals surface area contributed by atoms with E-state index in [9.17, 15) is 4.79 Å². The SMILES string of the molecule is COc1ccc(C(=O)OCCC(C)C)cc1Br. The highest BCUT2D eigenvalue weighted by Crippen LogP contribution is 2.25. The molecule has 0 aliphatic heterocycles. The Morgan fingerprint density at radius 3 is 2.65 bits per heavy atom. The summed E-state index contributed by atoms with van der Waals surface area (Å²) in [4.78, 5) is 11.7. The van der Waals surface area contributed by atoms with E-state index in [0.29, 0.717) is 23.8 Å². The zero-order valence-electron chi connectivity index (χ0n) is 10.3. The molecule has 3 nitrogen and oxygen atoms in total. The van der Waals surface area contributed by atoms with Gasteiger partial charge in [-0.15, -0.1) is 0 Å². The van der Waals surface area contributed by atoms with Crippen LogP contribution in [0.1, 0.15) is 30.6 Å². The first-order valence-corrected chi connectivity index (χ1v) is 6.34. The second-order valence-corrected chi connectivity index (χ2v) is 5.02. The monoisotopic (exact) mass is 300 g/mol. The topological polar surface area (TPSA) is 35.5 Å². The number of halogens is 1. The van der Waals surface area contributed by atoms with Gasteiger partial charge in [0.15, 0.2) is 0 Å². The van der Waals surface area contributed by atoms with Gasteiger partial charge >= 0.3 is 5.97 Å². The fourth-order valence-corrected chi connectivity index (χ4v) is 1.80. The minimum atomic E-state index is -0.297. The third kappa shape index (κ3) is 4.38. The van der Waals surface area contributed by atoms with Crippen LogP contribution in [0.4, 0.5) is 0 Å². The first kappa shape index (κ1) is 14.0. The van der Waals surface area contributed by atoms with E-state index in [1.54, 1.807) is 25.3 Å². The predicted octanol–water partition coefficient (Wildman–Crippen LogP) is 3.66. The third-order valence-electron chi connectivity index (χ3n) is 2.32. The fourth-order valence-electron chi connectivity index (χ4n) is 1.26. The lowest BCUT2D eigenvalue weighted by atomic mass is 10.1. The van der Waals surface area contributed by atoms with Gasteiger partial charge in [0.25, 0.3) is 0 Å². The van der Waals surface area contributed by atoms with Gasteiger partial charge in [-0.1, -0.05) is 13.8 Å². The number of carbonyl (C=O) groups excluding carboxylic acids is 1. The Kier molecular flexibility index (Phi) is 5.48. The molecule has 0 radical (unpaired) electrons. The van der Waals surface area contributed by atoms with Crippen LogP contribution in [0.15, 0.2) is 22.7 Å². The summed E-state index contributed by atoms with van der Waals surface area (Å²) >= 11 is 3.33. The lowest BCUT2D eigenvalue weighted by Gasteiger charge is -2.08. The van der Waals surface area contributed by atoms with E-state index >= 15 is 0 Å². The quantitative estimate of drug-likeness (QED) is 0.779. The molecule has 0 amide bonds. The first-order chi connectivity index (χ1) is 8.04. The maximum absolute atomic E-state index is 11.7. The highest BCUT2D eigenvalue weighted by Gasteiger charge is 2.10. The Morgan fingerprint density at radius 2 is 2.12 bits per heavy atom. The van der Waals surface area contributed by atoms with E-state index in [-0.39, 0.29) is 5.97 Å². The number of carbonyl (C=O) groups is 1. The number of esters is 1. The van der Waals surface area contributed by atoms with E-state index in [1.807, 2.05) is 0 Å². The van der Waals surface area contributed by atoms with Gasteiger partial charge in [-0.05, 0) is 46.5 Å². The molecular formula is C13H17BrO3. The molecule has 0 aliphatic rings. The molecule has 0 spiro atoms. The summed E-state index contributed by atoms with van der Waals surface area (Å²) < 4.78 is 11.0. The van der Waals surface area contributed by atoms with Gasteiger partial charge in [-0.3, -0.25) is 0 Å². The van der Waals surface area contributed by atoms with Crippen molar-refractivity contribution < 1.29 is 14.3 Å². The van der Waals surface area contributed by atoms with Crippen molar-refractivity contribution in [1.82, 2.24) is 0 Å². The van der Waals surface area contributed by atoms with E-state index in [4.69, 9.17) is 9.47 Å². The van der Waals surface area contributed by atoms with Gasteiger partial charge in [0.05, 0.1) is 23.8 Å². The maximum atomic E-state index is 11.7. The molecule has 0 saturated carbocycles. The molecule has 0 N–H and O–H groups in total. The van der Waals surface area contributed by atoms with Crippen molar-refractivity contribution >= 4 is 21.9 Å². The minimum Gasteiger partial charge on any atom is -0.496 e. The molecule has 4 heteroatoms. The average Bonchev–Trinajstić information content (AvgIpc) is 2.28. The molecule has 17 heavy (non-hydrogen) atoms. The molecule has 0 unspecified atom stereocenters. The number of methoxy groups -OCH3 is 1. The molecule has 0 saturated heterocycles. The number of benzene rings is 1. The van der Waals surface area contributed by atoms with E-state index in [1.165, 1.54) is 0 Å². The molecule has 0 aliphatic carbocycles. The van der Waals surface area contributed by atoms with Crippen molar-refractivity contribution in [3.63, 3.8) is 0 Å². The van der Waals surface area contributed by atoms with Gasteiger partial charge in [-0.25, -0.2) is 4.79 Å². The van der Waals surface area contributed by atoms with Crippen LogP contribution in [-0.2, 0) is 4.74 Å². The van der Waals surface area contributed by atoms with Crippen LogP contribution in [0.5, 0.6) is 5.75 Å². The Morgan fingerprint density at radius 1 is 1.41 bits per heavy atom. The van der Waals surface area contributed by atoms with E-state index in [2.05, 4.69) is 29.8 Å². The van der Waals surface area contributed by atoms with Gasteiger partial charge in [0.1, 0.15) is 5.75 Å². The summed E-state index contributed by atoms with van der Waals surface area (Å²) in [6.45, 7) is 4.65. The minimum absolute atomic E-state index is 0.297. The number of ether oxygens (including phenoxy) is 2. The van der Waals surface area contributed by atoms with Crippen molar-refractivity contribution in [2.75, 3.05) is 13.7 Å². The lowest BCUT2D eigenvalue weighted by molar-refractivity contribution is 0.0488. The van der Waals surface area contributed by atoms with Gasteiger partial charge in [0.2, 0.25) is 0 Å². The van der Waals surface area contributed by atoms with Gasteiger partial charge in [0, 0.05) is 0 Å². The van der Waals surface area contributed by atoms with Crippen LogP contribution in [0, 0.1) is 5.92 Å². The molecule has 0 fully saturated rings. The summed E-state index contributed by atoms with van der Waals surface area (Å²) in [5.41, 5.74) is 0.529. The first-order valence-electron chi connectivity index (χ1n) is 5.55. The number of hydrogen-bond acceptors (Lipinski definition) is 3. The zero-order chi connectivity index (χ0) is 12.8. The standard InChI is InChI=1S/C13H17BrO3/c1-9(2)6-7-17-13(15)10-4-5-12(16-3)11(14)8-10/h4-5,8-9H,6-7H2,1-3H3. The van der Waals surface area contributed by atoms with Crippen LogP contribution in [-0.4, -0.2) is 19.7 Å². The highest BCUT2D eigenvalue weighted by molar-refractivity contribution is 9.10.